The zero-order valence-corrected chi connectivity index (χ0v) is 14.5. The minimum absolute atomic E-state index is 0.0264. The summed E-state index contributed by atoms with van der Waals surface area (Å²) in [5.74, 6) is -0.805. The molecule has 2 aromatic heterocycles. The van der Waals surface area contributed by atoms with Gasteiger partial charge in [-0.25, -0.2) is 9.37 Å². The Kier molecular flexibility index (Phi) is 4.97. The largest absolute Gasteiger partial charge is 0.489 e. The van der Waals surface area contributed by atoms with Gasteiger partial charge < -0.3 is 9.64 Å². The molecule has 1 aromatic carbocycles. The van der Waals surface area contributed by atoms with E-state index in [1.54, 1.807) is 31.4 Å². The number of ether oxygens (including phenoxy) is 1. The van der Waals surface area contributed by atoms with E-state index in [0.29, 0.717) is 5.65 Å². The Morgan fingerprint density at radius 1 is 1.27 bits per heavy atom. The first-order chi connectivity index (χ1) is 12.5. The van der Waals surface area contributed by atoms with Crippen LogP contribution in [0, 0.1) is 12.7 Å². The summed E-state index contributed by atoms with van der Waals surface area (Å²) in [6.45, 7) is 2.15. The third kappa shape index (κ3) is 3.56. The van der Waals surface area contributed by atoms with Gasteiger partial charge in [-0.2, -0.15) is 0 Å². The van der Waals surface area contributed by atoms with Crippen LogP contribution in [-0.4, -0.2) is 40.4 Å². The summed E-state index contributed by atoms with van der Waals surface area (Å²) < 4.78 is 20.2. The van der Waals surface area contributed by atoms with Gasteiger partial charge in [0.25, 0.3) is 11.5 Å². The molecule has 0 spiro atoms. The zero-order valence-electron chi connectivity index (χ0n) is 14.5. The number of hydrogen-bond donors (Lipinski definition) is 0. The molecule has 6 nitrogen and oxygen atoms in total. The number of pyridine rings is 1. The number of carbonyl (C=O) groups is 1. The van der Waals surface area contributed by atoms with Crippen LogP contribution in [0.2, 0.25) is 0 Å². The predicted octanol–water partition coefficient (Wildman–Crippen LogP) is 2.29. The maximum Gasteiger partial charge on any atom is 0.270 e. The summed E-state index contributed by atoms with van der Waals surface area (Å²) in [6, 6.07) is 9.61. The number of hydrogen-bond acceptors (Lipinski definition) is 4. The minimum atomic E-state index is -0.464. The maximum atomic E-state index is 13.5. The van der Waals surface area contributed by atoms with E-state index in [4.69, 9.17) is 4.74 Å². The average molecular weight is 355 g/mol. The lowest BCUT2D eigenvalue weighted by atomic mass is 10.2. The highest BCUT2D eigenvalue weighted by atomic mass is 19.1. The molecule has 3 rings (SSSR count). The van der Waals surface area contributed by atoms with Gasteiger partial charge in [0.2, 0.25) is 0 Å². The fourth-order valence-corrected chi connectivity index (χ4v) is 2.49. The Morgan fingerprint density at radius 3 is 2.81 bits per heavy atom. The Morgan fingerprint density at radius 2 is 2.04 bits per heavy atom. The number of amides is 1. The van der Waals surface area contributed by atoms with E-state index in [1.165, 1.54) is 27.6 Å². The topological polar surface area (TPSA) is 63.9 Å². The van der Waals surface area contributed by atoms with Gasteiger partial charge in [-0.05, 0) is 30.7 Å². The molecule has 0 bridgehead atoms. The van der Waals surface area contributed by atoms with Crippen LogP contribution in [0.5, 0.6) is 5.75 Å². The second kappa shape index (κ2) is 7.35. The molecule has 0 aliphatic carbocycles. The number of carbonyl (C=O) groups excluding carboxylic acids is 1. The van der Waals surface area contributed by atoms with E-state index < -0.39 is 17.3 Å². The molecule has 0 saturated heterocycles. The lowest BCUT2D eigenvalue weighted by Gasteiger charge is -2.17. The molecule has 0 unspecified atom stereocenters. The number of likely N-dealkylation sites (N-methyl/N-ethyl adjacent to an activating group) is 1. The molecule has 7 heteroatoms. The molecule has 134 valence electrons. The Labute approximate surface area is 149 Å². The standard InChI is InChI=1S/C19H18FN3O3/c1-13-7-8-17-21-11-14(19(25)23(17)12-13)18(24)22(2)9-10-26-16-6-4-3-5-15(16)20/h3-8,11-12H,9-10H2,1-2H3. The Balaban J connectivity index is 1.72. The molecule has 0 atom stereocenters. The normalized spacial score (nSPS) is 10.7. The molecule has 0 fully saturated rings. The van der Waals surface area contributed by atoms with Gasteiger partial charge in [0.1, 0.15) is 17.8 Å². The van der Waals surface area contributed by atoms with E-state index in [0.717, 1.165) is 5.56 Å². The molecule has 3 aromatic rings. The van der Waals surface area contributed by atoms with Crippen LogP contribution in [-0.2, 0) is 0 Å². The summed E-state index contributed by atoms with van der Waals surface area (Å²) in [7, 11) is 1.55. The van der Waals surface area contributed by atoms with Crippen molar-refractivity contribution in [1.29, 1.82) is 0 Å². The summed E-state index contributed by atoms with van der Waals surface area (Å²) in [6.07, 6.45) is 2.92. The number of nitrogens with zero attached hydrogens (tertiary/aromatic N) is 3. The molecule has 0 aliphatic rings. The number of aryl methyl sites for hydroxylation is 1. The zero-order chi connectivity index (χ0) is 18.7. The third-order valence-corrected chi connectivity index (χ3v) is 3.95. The van der Waals surface area contributed by atoms with E-state index in [2.05, 4.69) is 4.98 Å². The van der Waals surface area contributed by atoms with Crippen molar-refractivity contribution in [2.24, 2.45) is 0 Å². The summed E-state index contributed by atoms with van der Waals surface area (Å²) in [5.41, 5.74) is 0.910. The van der Waals surface area contributed by atoms with E-state index in [9.17, 15) is 14.0 Å². The molecule has 1 amide bonds. The predicted molar refractivity (Wildman–Crippen MR) is 95.1 cm³/mol. The number of para-hydroxylation sites is 1. The van der Waals surface area contributed by atoms with Crippen LogP contribution in [0.3, 0.4) is 0 Å². The van der Waals surface area contributed by atoms with Crippen LogP contribution in [0.4, 0.5) is 4.39 Å². The highest BCUT2D eigenvalue weighted by Crippen LogP contribution is 2.15. The molecule has 26 heavy (non-hydrogen) atoms. The van der Waals surface area contributed by atoms with Crippen molar-refractivity contribution >= 4 is 11.6 Å². The number of aromatic nitrogens is 2. The third-order valence-electron chi connectivity index (χ3n) is 3.95. The number of halogens is 1. The van der Waals surface area contributed by atoms with Crippen molar-refractivity contribution in [1.82, 2.24) is 14.3 Å². The fraction of sp³-hybridized carbons (Fsp3) is 0.211. The monoisotopic (exact) mass is 355 g/mol. The number of rotatable bonds is 5. The molecule has 2 heterocycles. The van der Waals surface area contributed by atoms with Crippen LogP contribution in [0.25, 0.3) is 5.65 Å². The lowest BCUT2D eigenvalue weighted by Crippen LogP contribution is -2.35. The minimum Gasteiger partial charge on any atom is -0.489 e. The Hall–Kier alpha value is -3.22. The molecular formula is C19H18FN3O3. The lowest BCUT2D eigenvalue weighted by molar-refractivity contribution is 0.0770. The summed E-state index contributed by atoms with van der Waals surface area (Å²) in [5, 5.41) is 0. The molecule has 0 aliphatic heterocycles. The maximum absolute atomic E-state index is 13.5. The van der Waals surface area contributed by atoms with Crippen molar-refractivity contribution < 1.29 is 13.9 Å². The van der Waals surface area contributed by atoms with E-state index in [1.807, 2.05) is 13.0 Å². The van der Waals surface area contributed by atoms with Crippen molar-refractivity contribution in [2.45, 2.75) is 6.92 Å². The first-order valence-electron chi connectivity index (χ1n) is 8.08. The smallest absolute Gasteiger partial charge is 0.270 e. The van der Waals surface area contributed by atoms with Gasteiger partial charge >= 0.3 is 0 Å². The van der Waals surface area contributed by atoms with Crippen LogP contribution < -0.4 is 10.3 Å². The van der Waals surface area contributed by atoms with Gasteiger partial charge in [0, 0.05) is 19.4 Å². The highest BCUT2D eigenvalue weighted by Gasteiger charge is 2.17. The van der Waals surface area contributed by atoms with Gasteiger partial charge in [-0.3, -0.25) is 14.0 Å². The summed E-state index contributed by atoms with van der Waals surface area (Å²) >= 11 is 0. The van der Waals surface area contributed by atoms with Gasteiger partial charge in [-0.15, -0.1) is 0 Å². The molecule has 0 radical (unpaired) electrons. The average Bonchev–Trinajstić information content (AvgIpc) is 2.63. The first-order valence-corrected chi connectivity index (χ1v) is 8.08. The Bertz CT molecular complexity index is 1020. The number of fused-ring (bicyclic) bond motifs is 1. The fourth-order valence-electron chi connectivity index (χ4n) is 2.49. The SMILES string of the molecule is Cc1ccc2ncc(C(=O)N(C)CCOc3ccccc3F)c(=O)n2c1. The first kappa shape index (κ1) is 17.6. The summed E-state index contributed by atoms with van der Waals surface area (Å²) in [4.78, 5) is 30.6. The quantitative estimate of drug-likeness (QED) is 0.704. The van der Waals surface area contributed by atoms with Gasteiger partial charge in [0.15, 0.2) is 11.6 Å². The van der Waals surface area contributed by atoms with Crippen LogP contribution in [0.15, 0.2) is 53.6 Å². The molecule has 0 saturated carbocycles. The van der Waals surface area contributed by atoms with E-state index in [-0.39, 0.29) is 24.5 Å². The van der Waals surface area contributed by atoms with E-state index >= 15 is 0 Å². The van der Waals surface area contributed by atoms with Gasteiger partial charge in [0.05, 0.1) is 6.54 Å². The second-order valence-electron chi connectivity index (χ2n) is 5.92. The van der Waals surface area contributed by atoms with Gasteiger partial charge in [-0.1, -0.05) is 18.2 Å². The van der Waals surface area contributed by atoms with Crippen molar-refractivity contribution in [3.63, 3.8) is 0 Å². The van der Waals surface area contributed by atoms with Crippen molar-refractivity contribution in [3.8, 4) is 5.75 Å². The van der Waals surface area contributed by atoms with Crippen LogP contribution >= 0.6 is 0 Å². The molecular weight excluding hydrogens is 337 g/mol. The van der Waals surface area contributed by atoms with Crippen LogP contribution in [0.1, 0.15) is 15.9 Å². The highest BCUT2D eigenvalue weighted by molar-refractivity contribution is 5.93. The second-order valence-corrected chi connectivity index (χ2v) is 5.92. The van der Waals surface area contributed by atoms with Crippen molar-refractivity contribution in [2.75, 3.05) is 20.2 Å². The van der Waals surface area contributed by atoms with Crippen molar-refractivity contribution in [3.05, 3.63) is 76.1 Å². The molecule has 0 N–H and O–H groups in total. The number of benzene rings is 1.